The number of hydrogen-bond acceptors (Lipinski definition) is 4. The van der Waals surface area contributed by atoms with Crippen LogP contribution in [-0.2, 0) is 9.53 Å². The zero-order chi connectivity index (χ0) is 11.6. The van der Waals surface area contributed by atoms with Crippen molar-refractivity contribution in [1.29, 1.82) is 0 Å². The van der Waals surface area contributed by atoms with Crippen LogP contribution in [0.1, 0.15) is 20.8 Å². The highest BCUT2D eigenvalue weighted by atomic mass is 16.5. The van der Waals surface area contributed by atoms with Gasteiger partial charge in [-0.25, -0.2) is 0 Å². The van der Waals surface area contributed by atoms with Gasteiger partial charge < -0.3 is 20.3 Å². The van der Waals surface area contributed by atoms with E-state index in [0.717, 1.165) is 0 Å². The predicted octanol–water partition coefficient (Wildman–Crippen LogP) is -0.732. The Morgan fingerprint density at radius 2 is 2.07 bits per heavy atom. The van der Waals surface area contributed by atoms with Crippen molar-refractivity contribution in [2.45, 2.75) is 45.1 Å². The Kier molecular flexibility index (Phi) is 4.07. The van der Waals surface area contributed by atoms with Gasteiger partial charge >= 0.3 is 0 Å². The molecule has 0 aromatic heterocycles. The molecule has 0 aliphatic carbocycles. The maximum atomic E-state index is 10.9. The molecular formula is C10H19NO4. The van der Waals surface area contributed by atoms with Gasteiger partial charge in [-0.05, 0) is 6.92 Å². The molecule has 0 saturated carbocycles. The first-order valence-electron chi connectivity index (χ1n) is 5.18. The molecule has 1 aliphatic heterocycles. The van der Waals surface area contributed by atoms with Crippen molar-refractivity contribution in [2.75, 3.05) is 6.61 Å². The molecule has 15 heavy (non-hydrogen) atoms. The molecule has 5 heteroatoms. The number of carbonyl (C=O) groups excluding carboxylic acids is 1. The first-order chi connectivity index (χ1) is 6.97. The quantitative estimate of drug-likeness (QED) is 0.569. The molecule has 88 valence electrons. The summed E-state index contributed by atoms with van der Waals surface area (Å²) in [5.74, 6) is -0.382. The summed E-state index contributed by atoms with van der Waals surface area (Å²) in [4.78, 5) is 10.9. The van der Waals surface area contributed by atoms with Gasteiger partial charge in [-0.15, -0.1) is 0 Å². The molecule has 1 heterocycles. The lowest BCUT2D eigenvalue weighted by molar-refractivity contribution is -0.160. The number of aliphatic hydroxyl groups excluding tert-OH is 2. The highest BCUT2D eigenvalue weighted by Crippen LogP contribution is 2.25. The van der Waals surface area contributed by atoms with Crippen LogP contribution in [0.25, 0.3) is 0 Å². The Morgan fingerprint density at radius 1 is 1.47 bits per heavy atom. The van der Waals surface area contributed by atoms with Crippen molar-refractivity contribution < 1.29 is 19.7 Å². The first kappa shape index (κ1) is 12.4. The van der Waals surface area contributed by atoms with Gasteiger partial charge in [0.15, 0.2) is 0 Å². The third-order valence-corrected chi connectivity index (χ3v) is 2.94. The monoisotopic (exact) mass is 217 g/mol. The summed E-state index contributed by atoms with van der Waals surface area (Å²) in [6, 6.07) is -0.403. The van der Waals surface area contributed by atoms with E-state index in [1.165, 1.54) is 6.92 Å². The van der Waals surface area contributed by atoms with Crippen LogP contribution in [0.2, 0.25) is 0 Å². The second-order valence-corrected chi connectivity index (χ2v) is 4.14. The molecule has 1 aliphatic rings. The van der Waals surface area contributed by atoms with Crippen LogP contribution in [0.4, 0.5) is 0 Å². The molecule has 0 aromatic rings. The second kappa shape index (κ2) is 4.92. The lowest BCUT2D eigenvalue weighted by atomic mass is 9.87. The Hall–Kier alpha value is -0.650. The van der Waals surface area contributed by atoms with Crippen molar-refractivity contribution in [3.63, 3.8) is 0 Å². The van der Waals surface area contributed by atoms with Crippen molar-refractivity contribution in [1.82, 2.24) is 5.32 Å². The van der Waals surface area contributed by atoms with Crippen LogP contribution in [0, 0.1) is 5.92 Å². The van der Waals surface area contributed by atoms with E-state index in [-0.39, 0.29) is 30.6 Å². The van der Waals surface area contributed by atoms with Gasteiger partial charge in [-0.3, -0.25) is 4.79 Å². The Morgan fingerprint density at radius 3 is 2.53 bits per heavy atom. The van der Waals surface area contributed by atoms with E-state index in [4.69, 9.17) is 9.84 Å². The van der Waals surface area contributed by atoms with Crippen LogP contribution in [-0.4, -0.2) is 47.1 Å². The average Bonchev–Trinajstić information content (AvgIpc) is 2.18. The fraction of sp³-hybridized carbons (Fsp3) is 0.900. The van der Waals surface area contributed by atoms with Gasteiger partial charge in [0.2, 0.25) is 5.91 Å². The van der Waals surface area contributed by atoms with E-state index >= 15 is 0 Å². The van der Waals surface area contributed by atoms with Crippen LogP contribution in [0.5, 0.6) is 0 Å². The minimum absolute atomic E-state index is 0.116. The van der Waals surface area contributed by atoms with Crippen molar-refractivity contribution in [3.8, 4) is 0 Å². The summed E-state index contributed by atoms with van der Waals surface area (Å²) < 4.78 is 5.51. The number of rotatable bonds is 2. The first-order valence-corrected chi connectivity index (χ1v) is 5.18. The maximum Gasteiger partial charge on any atom is 0.217 e. The minimum atomic E-state index is -0.685. The normalized spacial score (nSPS) is 41.3. The van der Waals surface area contributed by atoms with Crippen LogP contribution in [0.3, 0.4) is 0 Å². The van der Waals surface area contributed by atoms with E-state index in [1.54, 1.807) is 13.8 Å². The van der Waals surface area contributed by atoms with Crippen molar-refractivity contribution in [3.05, 3.63) is 0 Å². The number of hydrogen-bond donors (Lipinski definition) is 3. The summed E-state index contributed by atoms with van der Waals surface area (Å²) >= 11 is 0. The third-order valence-electron chi connectivity index (χ3n) is 2.94. The van der Waals surface area contributed by atoms with Crippen LogP contribution < -0.4 is 5.32 Å². The summed E-state index contributed by atoms with van der Waals surface area (Å²) in [6.07, 6.45) is -1.34. The molecule has 0 spiro atoms. The van der Waals surface area contributed by atoms with Gasteiger partial charge in [-0.2, -0.15) is 0 Å². The van der Waals surface area contributed by atoms with E-state index in [2.05, 4.69) is 5.32 Å². The number of aliphatic hydroxyl groups is 2. The third kappa shape index (κ3) is 2.68. The number of ether oxygens (including phenoxy) is 1. The summed E-state index contributed by atoms with van der Waals surface area (Å²) in [6.45, 7) is 4.86. The molecule has 3 N–H and O–H groups in total. The SMILES string of the molecule is CC(=O)N[C@@H]1[C@@H](O)[C@H](C)[C@@H](CO)O[C@H]1C. The zero-order valence-electron chi connectivity index (χ0n) is 9.30. The van der Waals surface area contributed by atoms with E-state index in [9.17, 15) is 9.90 Å². The molecule has 0 bridgehead atoms. The smallest absolute Gasteiger partial charge is 0.217 e. The van der Waals surface area contributed by atoms with Gasteiger partial charge in [0.1, 0.15) is 0 Å². The van der Waals surface area contributed by atoms with Gasteiger partial charge in [0, 0.05) is 12.8 Å². The van der Waals surface area contributed by atoms with E-state index in [0.29, 0.717) is 0 Å². The molecule has 0 aromatic carbocycles. The largest absolute Gasteiger partial charge is 0.394 e. The molecule has 0 radical (unpaired) electrons. The lowest BCUT2D eigenvalue weighted by Gasteiger charge is -2.42. The number of amides is 1. The van der Waals surface area contributed by atoms with Gasteiger partial charge in [-0.1, -0.05) is 6.92 Å². The molecule has 5 nitrogen and oxygen atoms in total. The van der Waals surface area contributed by atoms with Crippen molar-refractivity contribution >= 4 is 5.91 Å². The molecule has 1 saturated heterocycles. The Balaban J connectivity index is 2.70. The van der Waals surface area contributed by atoms with Crippen molar-refractivity contribution in [2.24, 2.45) is 5.92 Å². The molecule has 1 amide bonds. The fourth-order valence-corrected chi connectivity index (χ4v) is 1.96. The number of carbonyl (C=O) groups is 1. The molecule has 0 unspecified atom stereocenters. The number of nitrogens with one attached hydrogen (secondary N) is 1. The highest BCUT2D eigenvalue weighted by molar-refractivity contribution is 5.73. The predicted molar refractivity (Wildman–Crippen MR) is 54.2 cm³/mol. The second-order valence-electron chi connectivity index (χ2n) is 4.14. The molecule has 1 fully saturated rings. The topological polar surface area (TPSA) is 78.8 Å². The van der Waals surface area contributed by atoms with Crippen LogP contribution >= 0.6 is 0 Å². The molecule has 1 rings (SSSR count). The minimum Gasteiger partial charge on any atom is -0.394 e. The van der Waals surface area contributed by atoms with Gasteiger partial charge in [0.25, 0.3) is 0 Å². The van der Waals surface area contributed by atoms with Gasteiger partial charge in [0.05, 0.1) is 31.0 Å². The fourth-order valence-electron chi connectivity index (χ4n) is 1.96. The average molecular weight is 217 g/mol. The summed E-state index contributed by atoms with van der Waals surface area (Å²) in [7, 11) is 0. The lowest BCUT2D eigenvalue weighted by Crippen LogP contribution is -2.60. The summed E-state index contributed by atoms with van der Waals surface area (Å²) in [5.41, 5.74) is 0. The van der Waals surface area contributed by atoms with Crippen LogP contribution in [0.15, 0.2) is 0 Å². The Bertz CT molecular complexity index is 233. The van der Waals surface area contributed by atoms with E-state index in [1.807, 2.05) is 0 Å². The highest BCUT2D eigenvalue weighted by Gasteiger charge is 2.40. The zero-order valence-corrected chi connectivity index (χ0v) is 9.30. The standard InChI is InChI=1S/C10H19NO4/c1-5-8(4-12)15-6(2)9(10(5)14)11-7(3)13/h5-6,8-10,12,14H,4H2,1-3H3,(H,11,13)/t5-,6+,8-,9+,10+/m1/s1. The molecule has 5 atom stereocenters. The van der Waals surface area contributed by atoms with E-state index < -0.39 is 12.1 Å². The maximum absolute atomic E-state index is 10.9. The summed E-state index contributed by atoms with van der Waals surface area (Å²) in [5, 5.41) is 21.7. The Labute approximate surface area is 89.4 Å². The molecular weight excluding hydrogens is 198 g/mol.